The van der Waals surface area contributed by atoms with Crippen molar-refractivity contribution >= 4 is 39.8 Å². The van der Waals surface area contributed by atoms with E-state index in [1.807, 2.05) is 16.8 Å². The Balaban J connectivity index is 1.98. The number of hydrogen-bond acceptors (Lipinski definition) is 2. The van der Waals surface area contributed by atoms with Crippen LogP contribution in [0.3, 0.4) is 0 Å². The van der Waals surface area contributed by atoms with Gasteiger partial charge in [0.05, 0.1) is 6.42 Å². The second kappa shape index (κ2) is 8.98. The van der Waals surface area contributed by atoms with E-state index in [0.717, 1.165) is 18.5 Å². The van der Waals surface area contributed by atoms with Gasteiger partial charge in [-0.25, -0.2) is 0 Å². The average molecular weight is 351 g/mol. The summed E-state index contributed by atoms with van der Waals surface area (Å²) in [4.78, 5) is 11.5. The van der Waals surface area contributed by atoms with Crippen LogP contribution in [-0.4, -0.2) is 16.9 Å². The van der Waals surface area contributed by atoms with E-state index in [9.17, 15) is 4.79 Å². The van der Waals surface area contributed by atoms with E-state index in [4.69, 9.17) is 0 Å². The summed E-state index contributed by atoms with van der Waals surface area (Å²) in [6.45, 7) is 0.824. The van der Waals surface area contributed by atoms with Crippen molar-refractivity contribution in [3.8, 4) is 0 Å². The molecule has 0 aromatic carbocycles. The maximum atomic E-state index is 11.5. The van der Waals surface area contributed by atoms with Crippen molar-refractivity contribution < 1.29 is 4.79 Å². The lowest BCUT2D eigenvalue weighted by Crippen LogP contribution is -2.25. The van der Waals surface area contributed by atoms with Gasteiger partial charge < -0.3 is 5.32 Å². The molecule has 1 aromatic heterocycles. The normalized spacial score (nSPS) is 10.3. The first-order valence-corrected chi connectivity index (χ1v) is 8.13. The SMILES string of the molecule is O=C(Cc1ccsc1)NCCCCCCI. The molecule has 0 aliphatic rings. The van der Waals surface area contributed by atoms with Crippen LogP contribution < -0.4 is 5.32 Å². The summed E-state index contributed by atoms with van der Waals surface area (Å²) in [7, 11) is 0. The molecule has 1 rings (SSSR count). The zero-order valence-corrected chi connectivity index (χ0v) is 12.4. The lowest BCUT2D eigenvalue weighted by molar-refractivity contribution is -0.120. The highest BCUT2D eigenvalue weighted by atomic mass is 127. The molecule has 0 saturated carbocycles. The van der Waals surface area contributed by atoms with Gasteiger partial charge in [0, 0.05) is 6.54 Å². The monoisotopic (exact) mass is 351 g/mol. The minimum absolute atomic E-state index is 0.146. The minimum Gasteiger partial charge on any atom is -0.356 e. The molecule has 0 bridgehead atoms. The number of rotatable bonds is 8. The Hall–Kier alpha value is -0.100. The molecule has 0 radical (unpaired) electrons. The summed E-state index contributed by atoms with van der Waals surface area (Å²) in [5.74, 6) is 0.146. The number of carbonyl (C=O) groups is 1. The minimum atomic E-state index is 0.146. The van der Waals surface area contributed by atoms with Crippen molar-refractivity contribution in [1.29, 1.82) is 0 Å². The lowest BCUT2D eigenvalue weighted by atomic mass is 10.2. The molecule has 0 spiro atoms. The van der Waals surface area contributed by atoms with Gasteiger partial charge in [-0.2, -0.15) is 11.3 Å². The smallest absolute Gasteiger partial charge is 0.224 e. The standard InChI is InChI=1S/C12H18INOS/c13-6-3-1-2-4-7-14-12(15)9-11-5-8-16-10-11/h5,8,10H,1-4,6-7,9H2,(H,14,15). The molecular formula is C12H18INOS. The summed E-state index contributed by atoms with van der Waals surface area (Å²) < 4.78 is 1.24. The molecule has 90 valence electrons. The van der Waals surface area contributed by atoms with E-state index in [0.29, 0.717) is 6.42 Å². The van der Waals surface area contributed by atoms with Crippen LogP contribution in [0.5, 0.6) is 0 Å². The molecule has 0 saturated heterocycles. The third-order valence-corrected chi connectivity index (χ3v) is 3.82. The number of carbonyl (C=O) groups excluding carboxylic acids is 1. The van der Waals surface area contributed by atoms with Crippen LogP contribution in [0.4, 0.5) is 0 Å². The molecule has 0 fully saturated rings. The Labute approximate surface area is 115 Å². The molecule has 16 heavy (non-hydrogen) atoms. The molecule has 0 aliphatic heterocycles. The van der Waals surface area contributed by atoms with Gasteiger partial charge in [-0.3, -0.25) is 4.79 Å². The first-order valence-electron chi connectivity index (χ1n) is 5.66. The molecule has 0 atom stereocenters. The van der Waals surface area contributed by atoms with Crippen LogP contribution >= 0.6 is 33.9 Å². The molecule has 1 aromatic rings. The second-order valence-electron chi connectivity index (χ2n) is 3.76. The summed E-state index contributed by atoms with van der Waals surface area (Å²) in [5.41, 5.74) is 1.12. The van der Waals surface area contributed by atoms with Gasteiger partial charge in [0.2, 0.25) is 5.91 Å². The number of halogens is 1. The first kappa shape index (κ1) is 14.0. The predicted molar refractivity (Wildman–Crippen MR) is 78.4 cm³/mol. The Kier molecular flexibility index (Phi) is 7.84. The van der Waals surface area contributed by atoms with Gasteiger partial charge >= 0.3 is 0 Å². The van der Waals surface area contributed by atoms with Crippen LogP contribution in [0.15, 0.2) is 16.8 Å². The third kappa shape index (κ3) is 6.48. The van der Waals surface area contributed by atoms with E-state index in [1.54, 1.807) is 11.3 Å². The number of unbranched alkanes of at least 4 members (excludes halogenated alkanes) is 3. The summed E-state index contributed by atoms with van der Waals surface area (Å²) in [6, 6.07) is 2.00. The van der Waals surface area contributed by atoms with Gasteiger partial charge in [0.25, 0.3) is 0 Å². The zero-order valence-electron chi connectivity index (χ0n) is 9.38. The second-order valence-corrected chi connectivity index (χ2v) is 5.62. The van der Waals surface area contributed by atoms with Gasteiger partial charge in [0.1, 0.15) is 0 Å². The fraction of sp³-hybridized carbons (Fsp3) is 0.583. The van der Waals surface area contributed by atoms with Crippen LogP contribution in [0, 0.1) is 0 Å². The maximum absolute atomic E-state index is 11.5. The van der Waals surface area contributed by atoms with Crippen molar-refractivity contribution in [2.75, 3.05) is 11.0 Å². The maximum Gasteiger partial charge on any atom is 0.224 e. The number of nitrogens with one attached hydrogen (secondary N) is 1. The van der Waals surface area contributed by atoms with E-state index >= 15 is 0 Å². The van der Waals surface area contributed by atoms with Crippen molar-refractivity contribution in [3.05, 3.63) is 22.4 Å². The van der Waals surface area contributed by atoms with Gasteiger partial charge in [-0.05, 0) is 39.7 Å². The Morgan fingerprint density at radius 1 is 1.31 bits per heavy atom. The van der Waals surface area contributed by atoms with E-state index in [2.05, 4.69) is 27.9 Å². The highest BCUT2D eigenvalue weighted by Crippen LogP contribution is 2.06. The Bertz CT molecular complexity index is 287. The van der Waals surface area contributed by atoms with Crippen LogP contribution in [-0.2, 0) is 11.2 Å². The predicted octanol–water partition coefficient (Wildman–Crippen LogP) is 3.40. The Morgan fingerprint density at radius 2 is 2.12 bits per heavy atom. The molecule has 1 N–H and O–H groups in total. The Morgan fingerprint density at radius 3 is 2.81 bits per heavy atom. The fourth-order valence-electron chi connectivity index (χ4n) is 1.44. The molecule has 0 unspecified atom stereocenters. The number of hydrogen-bond donors (Lipinski definition) is 1. The van der Waals surface area contributed by atoms with Crippen molar-refractivity contribution in [1.82, 2.24) is 5.32 Å². The van der Waals surface area contributed by atoms with Crippen molar-refractivity contribution in [2.24, 2.45) is 0 Å². The lowest BCUT2D eigenvalue weighted by Gasteiger charge is -2.03. The third-order valence-electron chi connectivity index (χ3n) is 2.33. The largest absolute Gasteiger partial charge is 0.356 e. The zero-order chi connectivity index (χ0) is 11.6. The number of thiophene rings is 1. The topological polar surface area (TPSA) is 29.1 Å². The van der Waals surface area contributed by atoms with E-state index < -0.39 is 0 Å². The fourth-order valence-corrected chi connectivity index (χ4v) is 2.65. The van der Waals surface area contributed by atoms with E-state index in [1.165, 1.54) is 23.7 Å². The van der Waals surface area contributed by atoms with Crippen molar-refractivity contribution in [2.45, 2.75) is 32.1 Å². The van der Waals surface area contributed by atoms with Crippen LogP contribution in [0.25, 0.3) is 0 Å². The molecule has 1 heterocycles. The molecule has 1 amide bonds. The molecule has 2 nitrogen and oxygen atoms in total. The summed E-state index contributed by atoms with van der Waals surface area (Å²) in [6.07, 6.45) is 5.43. The van der Waals surface area contributed by atoms with Crippen LogP contribution in [0.2, 0.25) is 0 Å². The van der Waals surface area contributed by atoms with Gasteiger partial charge in [-0.1, -0.05) is 35.4 Å². The quantitative estimate of drug-likeness (QED) is 0.434. The van der Waals surface area contributed by atoms with Crippen molar-refractivity contribution in [3.63, 3.8) is 0 Å². The molecular weight excluding hydrogens is 333 g/mol. The summed E-state index contributed by atoms with van der Waals surface area (Å²) >= 11 is 4.04. The van der Waals surface area contributed by atoms with Crippen LogP contribution in [0.1, 0.15) is 31.2 Å². The number of amides is 1. The average Bonchev–Trinajstić information content (AvgIpc) is 2.76. The van der Waals surface area contributed by atoms with Gasteiger partial charge in [-0.15, -0.1) is 0 Å². The van der Waals surface area contributed by atoms with E-state index in [-0.39, 0.29) is 5.91 Å². The highest BCUT2D eigenvalue weighted by Gasteiger charge is 2.02. The number of alkyl halides is 1. The molecule has 0 aliphatic carbocycles. The first-order chi connectivity index (χ1) is 7.83. The highest BCUT2D eigenvalue weighted by molar-refractivity contribution is 14.1. The van der Waals surface area contributed by atoms with Gasteiger partial charge in [0.15, 0.2) is 0 Å². The summed E-state index contributed by atoms with van der Waals surface area (Å²) in [5, 5.41) is 7.00. The molecule has 4 heteroatoms.